The molecule has 1 rings (SSSR count). The first-order chi connectivity index (χ1) is 6.69. The fourth-order valence-corrected chi connectivity index (χ4v) is 1.65. The Morgan fingerprint density at radius 1 is 1.57 bits per heavy atom. The molecule has 1 atom stereocenters. The molecule has 0 radical (unpaired) electrons. The molecular formula is C10H10BrNO2. The zero-order valence-corrected chi connectivity index (χ0v) is 9.54. The Kier molecular flexibility index (Phi) is 3.86. The third-order valence-corrected chi connectivity index (χ3v) is 2.52. The number of rotatable bonds is 3. The van der Waals surface area contributed by atoms with Crippen molar-refractivity contribution >= 4 is 22.0 Å². The van der Waals surface area contributed by atoms with Gasteiger partial charge >= 0.3 is 0 Å². The second kappa shape index (κ2) is 4.94. The number of hydrogen-bond donors (Lipinski definition) is 0. The number of nitrogens with zero attached hydrogens (tertiary/aromatic N) is 1. The van der Waals surface area contributed by atoms with Gasteiger partial charge < -0.3 is 4.74 Å². The molecule has 0 bridgehead atoms. The van der Waals surface area contributed by atoms with Crippen LogP contribution in [0.2, 0.25) is 0 Å². The van der Waals surface area contributed by atoms with E-state index in [1.54, 1.807) is 13.2 Å². The summed E-state index contributed by atoms with van der Waals surface area (Å²) < 4.78 is 5.94. The third-order valence-electron chi connectivity index (χ3n) is 1.90. The van der Waals surface area contributed by atoms with Crippen LogP contribution in [0.3, 0.4) is 0 Å². The lowest BCUT2D eigenvalue weighted by molar-refractivity contribution is 0.412. The number of methoxy groups -OCH3 is 1. The summed E-state index contributed by atoms with van der Waals surface area (Å²) in [5, 5.41) is 0. The molecule has 0 saturated heterocycles. The van der Waals surface area contributed by atoms with Crippen molar-refractivity contribution in [2.45, 2.75) is 13.0 Å². The van der Waals surface area contributed by atoms with Gasteiger partial charge in [0, 0.05) is 0 Å². The maximum Gasteiger partial charge on any atom is 0.235 e. The monoisotopic (exact) mass is 255 g/mol. The molecule has 0 heterocycles. The fraction of sp³-hybridized carbons (Fsp3) is 0.300. The van der Waals surface area contributed by atoms with Crippen molar-refractivity contribution in [2.24, 2.45) is 4.99 Å². The number of benzene rings is 1. The summed E-state index contributed by atoms with van der Waals surface area (Å²) in [6.07, 6.45) is 1.54. The smallest absolute Gasteiger partial charge is 0.235 e. The van der Waals surface area contributed by atoms with Crippen LogP contribution in [0.4, 0.5) is 0 Å². The normalized spacial score (nSPS) is 11.6. The first-order valence-corrected chi connectivity index (χ1v) is 4.88. The van der Waals surface area contributed by atoms with Gasteiger partial charge in [-0.1, -0.05) is 6.07 Å². The van der Waals surface area contributed by atoms with Crippen LogP contribution in [0.15, 0.2) is 27.7 Å². The van der Waals surface area contributed by atoms with Crippen molar-refractivity contribution < 1.29 is 9.53 Å². The summed E-state index contributed by atoms with van der Waals surface area (Å²) >= 11 is 3.36. The molecule has 74 valence electrons. The van der Waals surface area contributed by atoms with Gasteiger partial charge in [-0.05, 0) is 40.5 Å². The van der Waals surface area contributed by atoms with Crippen molar-refractivity contribution in [3.05, 3.63) is 28.2 Å². The van der Waals surface area contributed by atoms with Gasteiger partial charge in [0.1, 0.15) is 5.75 Å². The molecule has 4 heteroatoms. The van der Waals surface area contributed by atoms with E-state index in [2.05, 4.69) is 20.9 Å². The lowest BCUT2D eigenvalue weighted by atomic mass is 10.1. The van der Waals surface area contributed by atoms with E-state index >= 15 is 0 Å². The van der Waals surface area contributed by atoms with Crippen LogP contribution in [0.1, 0.15) is 18.5 Å². The Balaban J connectivity index is 3.01. The largest absolute Gasteiger partial charge is 0.496 e. The molecule has 1 unspecified atom stereocenters. The molecule has 0 aliphatic heterocycles. The number of halogens is 1. The number of aliphatic imine (C=N–C) groups is 1. The van der Waals surface area contributed by atoms with Crippen LogP contribution in [-0.2, 0) is 4.79 Å². The van der Waals surface area contributed by atoms with Crippen LogP contribution >= 0.6 is 15.9 Å². The Morgan fingerprint density at radius 3 is 2.79 bits per heavy atom. The van der Waals surface area contributed by atoms with Crippen LogP contribution in [0, 0.1) is 0 Å². The van der Waals surface area contributed by atoms with Gasteiger partial charge in [-0.3, -0.25) is 0 Å². The van der Waals surface area contributed by atoms with Gasteiger partial charge in [0.05, 0.1) is 17.6 Å². The van der Waals surface area contributed by atoms with E-state index in [-0.39, 0.29) is 6.04 Å². The predicted molar refractivity (Wildman–Crippen MR) is 57.2 cm³/mol. The Bertz CT molecular complexity index is 372. The van der Waals surface area contributed by atoms with Crippen LogP contribution < -0.4 is 4.74 Å². The van der Waals surface area contributed by atoms with Gasteiger partial charge in [-0.25, -0.2) is 4.79 Å². The lowest BCUT2D eigenvalue weighted by Gasteiger charge is -2.07. The molecule has 1 aromatic rings. The summed E-state index contributed by atoms with van der Waals surface area (Å²) in [6.45, 7) is 1.83. The maximum atomic E-state index is 10.1. The standard InChI is InChI=1S/C10H10BrNO2/c1-7(12-6-13)8-3-4-10(14-2)9(11)5-8/h3-5,7H,1-2H3. The third kappa shape index (κ3) is 2.44. The summed E-state index contributed by atoms with van der Waals surface area (Å²) in [6, 6.07) is 5.41. The van der Waals surface area contributed by atoms with Crippen molar-refractivity contribution in [3.8, 4) is 5.75 Å². The van der Waals surface area contributed by atoms with Crippen molar-refractivity contribution in [1.29, 1.82) is 0 Å². The highest BCUT2D eigenvalue weighted by Crippen LogP contribution is 2.28. The number of isocyanates is 1. The SMILES string of the molecule is COc1ccc(C(C)N=C=O)cc1Br. The topological polar surface area (TPSA) is 38.7 Å². The van der Waals surface area contributed by atoms with E-state index in [9.17, 15) is 4.79 Å². The highest BCUT2D eigenvalue weighted by Gasteiger charge is 2.06. The highest BCUT2D eigenvalue weighted by molar-refractivity contribution is 9.10. The van der Waals surface area contributed by atoms with Gasteiger partial charge in [0.15, 0.2) is 0 Å². The second-order valence-corrected chi connectivity index (χ2v) is 3.64. The molecule has 0 amide bonds. The molecule has 1 aromatic carbocycles. The molecule has 0 aliphatic carbocycles. The van der Waals surface area contributed by atoms with Gasteiger partial charge in [-0.15, -0.1) is 0 Å². The molecule has 0 N–H and O–H groups in total. The van der Waals surface area contributed by atoms with E-state index in [1.165, 1.54) is 0 Å². The maximum absolute atomic E-state index is 10.1. The van der Waals surface area contributed by atoms with Gasteiger partial charge in [0.25, 0.3) is 0 Å². The predicted octanol–water partition coefficient (Wildman–Crippen LogP) is 2.85. The first kappa shape index (κ1) is 11.0. The molecule has 0 aromatic heterocycles. The zero-order chi connectivity index (χ0) is 10.6. The van der Waals surface area contributed by atoms with E-state index in [1.807, 2.05) is 25.1 Å². The highest BCUT2D eigenvalue weighted by atomic mass is 79.9. The zero-order valence-electron chi connectivity index (χ0n) is 7.95. The minimum atomic E-state index is -0.172. The number of ether oxygens (including phenoxy) is 1. The molecule has 0 fully saturated rings. The minimum Gasteiger partial charge on any atom is -0.496 e. The quantitative estimate of drug-likeness (QED) is 0.616. The van der Waals surface area contributed by atoms with E-state index in [0.717, 1.165) is 15.8 Å². The van der Waals surface area contributed by atoms with Crippen molar-refractivity contribution in [3.63, 3.8) is 0 Å². The summed E-state index contributed by atoms with van der Waals surface area (Å²) in [4.78, 5) is 13.7. The molecule has 0 spiro atoms. The molecule has 3 nitrogen and oxygen atoms in total. The fourth-order valence-electron chi connectivity index (χ4n) is 1.10. The van der Waals surface area contributed by atoms with Crippen LogP contribution in [0.25, 0.3) is 0 Å². The lowest BCUT2D eigenvalue weighted by Crippen LogP contribution is -1.91. The van der Waals surface area contributed by atoms with Gasteiger partial charge in [0.2, 0.25) is 6.08 Å². The molecule has 0 aliphatic rings. The van der Waals surface area contributed by atoms with E-state index < -0.39 is 0 Å². The molecular weight excluding hydrogens is 246 g/mol. The summed E-state index contributed by atoms with van der Waals surface area (Å²) in [5.41, 5.74) is 0.945. The van der Waals surface area contributed by atoms with E-state index in [0.29, 0.717) is 0 Å². The Labute approximate surface area is 90.9 Å². The first-order valence-electron chi connectivity index (χ1n) is 4.09. The average molecular weight is 256 g/mol. The average Bonchev–Trinajstić information content (AvgIpc) is 2.18. The number of hydrogen-bond acceptors (Lipinski definition) is 3. The van der Waals surface area contributed by atoms with Gasteiger partial charge in [-0.2, -0.15) is 4.99 Å². The van der Waals surface area contributed by atoms with E-state index in [4.69, 9.17) is 4.74 Å². The summed E-state index contributed by atoms with van der Waals surface area (Å²) in [5.74, 6) is 0.760. The van der Waals surface area contributed by atoms with Crippen molar-refractivity contribution in [1.82, 2.24) is 0 Å². The van der Waals surface area contributed by atoms with Crippen LogP contribution in [-0.4, -0.2) is 13.2 Å². The van der Waals surface area contributed by atoms with Crippen molar-refractivity contribution in [2.75, 3.05) is 7.11 Å². The molecule has 0 saturated carbocycles. The second-order valence-electron chi connectivity index (χ2n) is 2.79. The Hall–Kier alpha value is -1.12. The number of carbonyl (C=O) groups excluding carboxylic acids is 1. The Morgan fingerprint density at radius 2 is 2.29 bits per heavy atom. The molecule has 14 heavy (non-hydrogen) atoms. The summed E-state index contributed by atoms with van der Waals surface area (Å²) in [7, 11) is 1.60. The minimum absolute atomic E-state index is 0.172. The van der Waals surface area contributed by atoms with Crippen LogP contribution in [0.5, 0.6) is 5.75 Å².